The summed E-state index contributed by atoms with van der Waals surface area (Å²) in [7, 11) is 0. The van der Waals surface area contributed by atoms with Crippen molar-refractivity contribution in [1.82, 2.24) is 0 Å². The number of hydrogen-bond acceptors (Lipinski definition) is 7. The third-order valence-corrected chi connectivity index (χ3v) is 14.6. The smallest absolute Gasteiger partial charge is 0.336 e. The second-order valence-corrected chi connectivity index (χ2v) is 24.1. The summed E-state index contributed by atoms with van der Waals surface area (Å²) in [5, 5.41) is 59.9. The van der Waals surface area contributed by atoms with Gasteiger partial charge in [-0.05, 0) is 37.0 Å². The number of unbranched alkanes of at least 4 members (excludes halogenated alkanes) is 42. The Hall–Kier alpha value is -1.75. The average molecular weight is 1090 g/mol. The van der Waals surface area contributed by atoms with Crippen molar-refractivity contribution in [2.24, 2.45) is 17.8 Å². The van der Waals surface area contributed by atoms with E-state index in [-0.39, 0.29) is 0 Å². The summed E-state index contributed by atoms with van der Waals surface area (Å²) in [6, 6.07) is 0. The van der Waals surface area contributed by atoms with Crippen LogP contribution < -0.4 is 0 Å². The number of aliphatic carboxylic acids is 3. The van der Waals surface area contributed by atoms with Crippen LogP contribution in [0.4, 0.5) is 0 Å². The van der Waals surface area contributed by atoms with Gasteiger partial charge >= 0.3 is 17.9 Å². The zero-order valence-electron chi connectivity index (χ0n) is 51.6. The molecule has 0 unspecified atom stereocenters. The van der Waals surface area contributed by atoms with Gasteiger partial charge in [-0.2, -0.15) is 0 Å². The number of carbonyl (C=O) groups is 3. The topological polar surface area (TPSA) is 193 Å². The van der Waals surface area contributed by atoms with Gasteiger partial charge in [0.05, 0.1) is 12.8 Å². The van der Waals surface area contributed by atoms with Gasteiger partial charge in [0.25, 0.3) is 0 Å². The van der Waals surface area contributed by atoms with Crippen molar-refractivity contribution < 1.29 is 50.1 Å². The highest BCUT2D eigenvalue weighted by molar-refractivity contribution is 5.88. The zero-order chi connectivity index (χ0) is 57.4. The highest BCUT2D eigenvalue weighted by atomic mass is 16.4. The predicted molar refractivity (Wildman–Crippen MR) is 324 cm³/mol. The Bertz CT molecular complexity index is 1020. The summed E-state index contributed by atoms with van der Waals surface area (Å²) in [5.74, 6) is -2.35. The van der Waals surface area contributed by atoms with Crippen LogP contribution >= 0.6 is 0 Å². The molecule has 0 aliphatic rings. The van der Waals surface area contributed by atoms with Crippen LogP contribution in [0.3, 0.4) is 0 Å². The molecule has 0 saturated carbocycles. The molecule has 76 heavy (non-hydrogen) atoms. The lowest BCUT2D eigenvalue weighted by molar-refractivity contribution is -0.170. The number of rotatable bonds is 56. The van der Waals surface area contributed by atoms with E-state index in [1.165, 1.54) is 289 Å². The van der Waals surface area contributed by atoms with Crippen LogP contribution in [0.15, 0.2) is 0 Å². The molecule has 458 valence electrons. The molecule has 0 radical (unpaired) electrons. The molecule has 0 spiro atoms. The molecule has 0 saturated heterocycles. The van der Waals surface area contributed by atoms with Crippen LogP contribution in [0.2, 0.25) is 0 Å². The Kier molecular flexibility index (Phi) is 71.7. The molecule has 0 aliphatic heterocycles. The van der Waals surface area contributed by atoms with E-state index in [9.17, 15) is 14.4 Å². The van der Waals surface area contributed by atoms with Crippen molar-refractivity contribution in [2.45, 2.75) is 368 Å². The summed E-state index contributed by atoms with van der Waals surface area (Å²) in [4.78, 5) is 30.5. The standard InChI is InChI=1S/3C20H42O.C6H8O7/c3*1-20(2)18-16-14-12-10-8-6-4-3-5-7-9-11-13-15-17-19-21;7-3(8)1-6(13,5(11)12)2-4(9)10/h3*20-21H,3-19H2,1-2H3;13H,1-2H2,(H,7,8)(H,9,10)(H,11,12). The number of carboxylic acids is 3. The minimum Gasteiger partial charge on any atom is -0.481 e. The van der Waals surface area contributed by atoms with Gasteiger partial charge in [-0.15, -0.1) is 0 Å². The Balaban J connectivity index is -0.000000461. The van der Waals surface area contributed by atoms with E-state index in [4.69, 9.17) is 35.7 Å². The average Bonchev–Trinajstić information content (AvgIpc) is 3.35. The van der Waals surface area contributed by atoms with E-state index in [1.54, 1.807) is 0 Å². The fraction of sp³-hybridized carbons (Fsp3) is 0.955. The molecule has 0 aromatic carbocycles. The van der Waals surface area contributed by atoms with Crippen molar-refractivity contribution >= 4 is 17.9 Å². The molecule has 10 heteroatoms. The van der Waals surface area contributed by atoms with Gasteiger partial charge in [0.15, 0.2) is 5.60 Å². The molecule has 0 aromatic rings. The van der Waals surface area contributed by atoms with Gasteiger partial charge in [0, 0.05) is 19.8 Å². The van der Waals surface area contributed by atoms with E-state index < -0.39 is 36.4 Å². The van der Waals surface area contributed by atoms with Crippen molar-refractivity contribution in [3.8, 4) is 0 Å². The Morgan fingerprint density at radius 1 is 0.263 bits per heavy atom. The second kappa shape index (κ2) is 67.5. The maximum absolute atomic E-state index is 10.3. The molecule has 7 N–H and O–H groups in total. The first-order valence-corrected chi connectivity index (χ1v) is 32.8. The summed E-state index contributed by atoms with van der Waals surface area (Å²) >= 11 is 0. The van der Waals surface area contributed by atoms with E-state index in [2.05, 4.69) is 41.5 Å². The van der Waals surface area contributed by atoms with Crippen LogP contribution in [0.1, 0.15) is 363 Å². The molecule has 0 aromatic heterocycles. The van der Waals surface area contributed by atoms with Crippen molar-refractivity contribution in [1.29, 1.82) is 0 Å². The maximum atomic E-state index is 10.3. The first-order valence-electron chi connectivity index (χ1n) is 32.8. The van der Waals surface area contributed by atoms with Crippen molar-refractivity contribution in [3.05, 3.63) is 0 Å². The van der Waals surface area contributed by atoms with E-state index in [0.717, 1.165) is 37.0 Å². The van der Waals surface area contributed by atoms with Crippen LogP contribution in [0.5, 0.6) is 0 Å². The van der Waals surface area contributed by atoms with Gasteiger partial charge < -0.3 is 35.7 Å². The fourth-order valence-corrected chi connectivity index (χ4v) is 9.60. The van der Waals surface area contributed by atoms with E-state index in [1.807, 2.05) is 0 Å². The molecule has 0 bridgehead atoms. The highest BCUT2D eigenvalue weighted by Crippen LogP contribution is 2.19. The third kappa shape index (κ3) is 78.7. The number of aliphatic hydroxyl groups is 4. The van der Waals surface area contributed by atoms with Crippen LogP contribution in [-0.4, -0.2) is 79.1 Å². The Labute approximate surface area is 472 Å². The second-order valence-electron chi connectivity index (χ2n) is 24.1. The quantitative estimate of drug-likeness (QED) is 0.0288. The first-order chi connectivity index (χ1) is 36.6. The molecule has 0 fully saturated rings. The molecule has 0 aliphatic carbocycles. The molecule has 0 atom stereocenters. The lowest BCUT2D eigenvalue weighted by Gasteiger charge is -2.18. The van der Waals surface area contributed by atoms with Crippen LogP contribution in [-0.2, 0) is 14.4 Å². The predicted octanol–water partition coefficient (Wildman–Crippen LogP) is 19.4. The highest BCUT2D eigenvalue weighted by Gasteiger charge is 2.40. The van der Waals surface area contributed by atoms with Gasteiger partial charge in [0.1, 0.15) is 0 Å². The number of hydrogen-bond donors (Lipinski definition) is 7. The van der Waals surface area contributed by atoms with Gasteiger partial charge in [-0.25, -0.2) is 4.79 Å². The lowest BCUT2D eigenvalue weighted by Crippen LogP contribution is -2.42. The zero-order valence-corrected chi connectivity index (χ0v) is 51.6. The fourth-order valence-electron chi connectivity index (χ4n) is 9.60. The summed E-state index contributed by atoms with van der Waals surface area (Å²) in [6.07, 6.45) is 64.4. The summed E-state index contributed by atoms with van der Waals surface area (Å²) < 4.78 is 0. The largest absolute Gasteiger partial charge is 0.481 e. The normalized spacial score (nSPS) is 11.3. The third-order valence-electron chi connectivity index (χ3n) is 14.6. The molecule has 0 rings (SSSR count). The van der Waals surface area contributed by atoms with E-state index >= 15 is 0 Å². The summed E-state index contributed by atoms with van der Waals surface area (Å²) in [5.41, 5.74) is -2.74. The van der Waals surface area contributed by atoms with Crippen molar-refractivity contribution in [3.63, 3.8) is 0 Å². The van der Waals surface area contributed by atoms with Gasteiger partial charge in [0.2, 0.25) is 0 Å². The van der Waals surface area contributed by atoms with Crippen LogP contribution in [0, 0.1) is 17.8 Å². The van der Waals surface area contributed by atoms with E-state index in [0.29, 0.717) is 19.8 Å². The van der Waals surface area contributed by atoms with Gasteiger partial charge in [-0.3, -0.25) is 9.59 Å². The molecular formula is C66H134O10. The summed E-state index contributed by atoms with van der Waals surface area (Å²) in [6.45, 7) is 15.1. The lowest BCUT2D eigenvalue weighted by atomic mass is 9.96. The minimum absolute atomic E-state index is 0.373. The van der Waals surface area contributed by atoms with Crippen molar-refractivity contribution in [2.75, 3.05) is 19.8 Å². The number of aliphatic hydroxyl groups excluding tert-OH is 3. The monoisotopic (exact) mass is 1090 g/mol. The Morgan fingerprint density at radius 2 is 0.395 bits per heavy atom. The molecule has 10 nitrogen and oxygen atoms in total. The Morgan fingerprint density at radius 3 is 0.500 bits per heavy atom. The minimum atomic E-state index is -2.74. The SMILES string of the molecule is CC(C)CCCCCCCCCCCCCCCCCO.CC(C)CCCCCCCCCCCCCCCCCO.CC(C)CCCCCCCCCCCCCCCCCO.O=C(O)CC(O)(CC(=O)O)C(=O)O. The van der Waals surface area contributed by atoms with Gasteiger partial charge in [-0.1, -0.05) is 330 Å². The molecular weight excluding hydrogens is 953 g/mol. The molecule has 0 heterocycles. The van der Waals surface area contributed by atoms with Crippen LogP contribution in [0.25, 0.3) is 0 Å². The number of carboxylic acid groups (broad SMARTS) is 3. The maximum Gasteiger partial charge on any atom is 0.336 e. The molecule has 0 amide bonds. The first kappa shape index (κ1) is 80.7.